The largest absolute Gasteiger partial charge is 0.477 e. The SMILES string of the molecule is Cc1cccc(OC[C@@H]2CN(C(=O)OC(C)(C)C)CC[C@H]2c2ccccc2)n1. The van der Waals surface area contributed by atoms with Gasteiger partial charge in [0.15, 0.2) is 0 Å². The van der Waals surface area contributed by atoms with E-state index in [4.69, 9.17) is 9.47 Å². The lowest BCUT2D eigenvalue weighted by molar-refractivity contribution is 0.0110. The molecule has 3 rings (SSSR count). The third kappa shape index (κ3) is 5.47. The zero-order valence-corrected chi connectivity index (χ0v) is 17.2. The minimum absolute atomic E-state index is 0.172. The summed E-state index contributed by atoms with van der Waals surface area (Å²) < 4.78 is 11.6. The number of benzene rings is 1. The van der Waals surface area contributed by atoms with Crippen molar-refractivity contribution in [3.05, 3.63) is 59.8 Å². The number of rotatable bonds is 4. The fourth-order valence-corrected chi connectivity index (χ4v) is 3.62. The summed E-state index contributed by atoms with van der Waals surface area (Å²) >= 11 is 0. The smallest absolute Gasteiger partial charge is 0.410 e. The summed E-state index contributed by atoms with van der Waals surface area (Å²) in [6, 6.07) is 16.2. The highest BCUT2D eigenvalue weighted by Gasteiger charge is 2.34. The van der Waals surface area contributed by atoms with Crippen LogP contribution < -0.4 is 4.74 Å². The minimum Gasteiger partial charge on any atom is -0.477 e. The maximum atomic E-state index is 12.6. The van der Waals surface area contributed by atoms with Crippen LogP contribution in [0.5, 0.6) is 5.88 Å². The van der Waals surface area contributed by atoms with E-state index in [2.05, 4.69) is 29.2 Å². The van der Waals surface area contributed by atoms with Gasteiger partial charge in [0.1, 0.15) is 5.60 Å². The molecule has 28 heavy (non-hydrogen) atoms. The monoisotopic (exact) mass is 382 g/mol. The van der Waals surface area contributed by atoms with Crippen LogP contribution in [0.2, 0.25) is 0 Å². The van der Waals surface area contributed by atoms with Gasteiger partial charge >= 0.3 is 6.09 Å². The van der Waals surface area contributed by atoms with E-state index in [-0.39, 0.29) is 12.0 Å². The molecule has 0 spiro atoms. The summed E-state index contributed by atoms with van der Waals surface area (Å²) in [7, 11) is 0. The minimum atomic E-state index is -0.495. The molecule has 2 aromatic rings. The van der Waals surface area contributed by atoms with Crippen molar-refractivity contribution in [2.45, 2.75) is 45.6 Å². The standard InChI is InChI=1S/C23H30N2O3/c1-17-9-8-12-21(24-17)27-16-19-15-25(22(26)28-23(2,3)4)14-13-20(19)18-10-6-5-7-11-18/h5-12,19-20H,13-16H2,1-4H3/t19-,20-/m0/s1. The van der Waals surface area contributed by atoms with Crippen molar-refractivity contribution in [3.8, 4) is 5.88 Å². The molecule has 1 aliphatic heterocycles. The number of amides is 1. The van der Waals surface area contributed by atoms with E-state index in [1.54, 1.807) is 0 Å². The van der Waals surface area contributed by atoms with Crippen molar-refractivity contribution in [2.24, 2.45) is 5.92 Å². The second-order valence-electron chi connectivity index (χ2n) is 8.42. The summed E-state index contributed by atoms with van der Waals surface area (Å²) in [5, 5.41) is 0. The van der Waals surface area contributed by atoms with E-state index in [1.165, 1.54) is 5.56 Å². The molecule has 1 aromatic carbocycles. The first-order chi connectivity index (χ1) is 13.3. The highest BCUT2D eigenvalue weighted by molar-refractivity contribution is 5.68. The number of aryl methyl sites for hydroxylation is 1. The number of hydrogen-bond donors (Lipinski definition) is 0. The molecular weight excluding hydrogens is 352 g/mol. The number of pyridine rings is 1. The second-order valence-corrected chi connectivity index (χ2v) is 8.42. The molecule has 0 unspecified atom stereocenters. The van der Waals surface area contributed by atoms with Crippen molar-refractivity contribution in [1.29, 1.82) is 0 Å². The van der Waals surface area contributed by atoms with E-state index < -0.39 is 5.60 Å². The van der Waals surface area contributed by atoms with Crippen molar-refractivity contribution < 1.29 is 14.3 Å². The molecule has 0 aliphatic carbocycles. The third-order valence-corrected chi connectivity index (χ3v) is 4.92. The van der Waals surface area contributed by atoms with Crippen molar-refractivity contribution in [3.63, 3.8) is 0 Å². The Kier molecular flexibility index (Phi) is 6.22. The average Bonchev–Trinajstić information content (AvgIpc) is 2.65. The molecule has 2 atom stereocenters. The topological polar surface area (TPSA) is 51.7 Å². The van der Waals surface area contributed by atoms with Gasteiger partial charge < -0.3 is 14.4 Å². The molecule has 5 heteroatoms. The Morgan fingerprint density at radius 1 is 1.14 bits per heavy atom. The van der Waals surface area contributed by atoms with Gasteiger partial charge in [0, 0.05) is 30.8 Å². The molecule has 0 N–H and O–H groups in total. The lowest BCUT2D eigenvalue weighted by Crippen LogP contribution is -2.46. The van der Waals surface area contributed by atoms with Gasteiger partial charge in [0.25, 0.3) is 0 Å². The predicted octanol–water partition coefficient (Wildman–Crippen LogP) is 4.81. The Labute approximate surface area is 167 Å². The Morgan fingerprint density at radius 2 is 1.89 bits per heavy atom. The van der Waals surface area contributed by atoms with Gasteiger partial charge in [-0.3, -0.25) is 0 Å². The van der Waals surface area contributed by atoms with Crippen LogP contribution in [-0.4, -0.2) is 41.3 Å². The van der Waals surface area contributed by atoms with Crippen LogP contribution in [-0.2, 0) is 4.74 Å². The number of likely N-dealkylation sites (tertiary alicyclic amines) is 1. The van der Waals surface area contributed by atoms with Crippen LogP contribution >= 0.6 is 0 Å². The van der Waals surface area contributed by atoms with Crippen LogP contribution in [0.15, 0.2) is 48.5 Å². The number of carbonyl (C=O) groups is 1. The molecule has 1 saturated heterocycles. The van der Waals surface area contributed by atoms with Gasteiger partial charge in [-0.1, -0.05) is 36.4 Å². The molecule has 2 heterocycles. The van der Waals surface area contributed by atoms with Crippen molar-refractivity contribution in [1.82, 2.24) is 9.88 Å². The van der Waals surface area contributed by atoms with Gasteiger partial charge in [-0.2, -0.15) is 0 Å². The lowest BCUT2D eigenvalue weighted by Gasteiger charge is -2.39. The molecule has 1 amide bonds. The van der Waals surface area contributed by atoms with E-state index in [1.807, 2.05) is 56.9 Å². The Morgan fingerprint density at radius 3 is 2.57 bits per heavy atom. The van der Waals surface area contributed by atoms with E-state index in [9.17, 15) is 4.79 Å². The van der Waals surface area contributed by atoms with E-state index in [0.29, 0.717) is 31.5 Å². The van der Waals surface area contributed by atoms with Gasteiger partial charge in [-0.15, -0.1) is 0 Å². The molecule has 1 aromatic heterocycles. The number of ether oxygens (including phenoxy) is 2. The normalized spacial score (nSPS) is 19.9. The van der Waals surface area contributed by atoms with Gasteiger partial charge in [-0.25, -0.2) is 9.78 Å². The summed E-state index contributed by atoms with van der Waals surface area (Å²) in [6.45, 7) is 9.44. The predicted molar refractivity (Wildman–Crippen MR) is 110 cm³/mol. The Bertz CT molecular complexity index is 786. The van der Waals surface area contributed by atoms with Crippen molar-refractivity contribution >= 4 is 6.09 Å². The number of carbonyl (C=O) groups excluding carboxylic acids is 1. The number of aromatic nitrogens is 1. The molecular formula is C23H30N2O3. The van der Waals surface area contributed by atoms with E-state index >= 15 is 0 Å². The molecule has 0 radical (unpaired) electrons. The fraction of sp³-hybridized carbons (Fsp3) is 0.478. The zero-order valence-electron chi connectivity index (χ0n) is 17.2. The van der Waals surface area contributed by atoms with Crippen LogP contribution in [0.3, 0.4) is 0 Å². The Balaban J connectivity index is 1.73. The van der Waals surface area contributed by atoms with Crippen LogP contribution in [0.1, 0.15) is 44.4 Å². The summed E-state index contributed by atoms with van der Waals surface area (Å²) in [5.74, 6) is 1.14. The first-order valence-electron chi connectivity index (χ1n) is 9.91. The van der Waals surface area contributed by atoms with Gasteiger partial charge in [-0.05, 0) is 51.7 Å². The fourth-order valence-electron chi connectivity index (χ4n) is 3.62. The van der Waals surface area contributed by atoms with Gasteiger partial charge in [0.2, 0.25) is 5.88 Å². The molecule has 150 valence electrons. The van der Waals surface area contributed by atoms with Crippen LogP contribution in [0.25, 0.3) is 0 Å². The summed E-state index contributed by atoms with van der Waals surface area (Å²) in [4.78, 5) is 18.8. The quantitative estimate of drug-likeness (QED) is 0.761. The second kappa shape index (κ2) is 8.63. The summed E-state index contributed by atoms with van der Waals surface area (Å²) in [5.41, 5.74) is 1.72. The van der Waals surface area contributed by atoms with Crippen LogP contribution in [0.4, 0.5) is 4.79 Å². The Hall–Kier alpha value is -2.56. The molecule has 1 fully saturated rings. The average molecular weight is 383 g/mol. The van der Waals surface area contributed by atoms with E-state index in [0.717, 1.165) is 12.1 Å². The lowest BCUT2D eigenvalue weighted by atomic mass is 9.81. The number of hydrogen-bond acceptors (Lipinski definition) is 4. The van der Waals surface area contributed by atoms with Crippen molar-refractivity contribution in [2.75, 3.05) is 19.7 Å². The van der Waals surface area contributed by atoms with Crippen LogP contribution in [0, 0.1) is 12.8 Å². The molecule has 1 aliphatic rings. The summed E-state index contributed by atoms with van der Waals surface area (Å²) in [6.07, 6.45) is 0.635. The highest BCUT2D eigenvalue weighted by atomic mass is 16.6. The highest BCUT2D eigenvalue weighted by Crippen LogP contribution is 2.34. The number of piperidine rings is 1. The maximum Gasteiger partial charge on any atom is 0.410 e. The molecule has 0 saturated carbocycles. The first-order valence-corrected chi connectivity index (χ1v) is 9.91. The first kappa shape index (κ1) is 20.2. The molecule has 5 nitrogen and oxygen atoms in total. The van der Waals surface area contributed by atoms with Gasteiger partial charge in [0.05, 0.1) is 6.61 Å². The third-order valence-electron chi connectivity index (χ3n) is 4.92. The number of nitrogens with zero attached hydrogens (tertiary/aromatic N) is 2. The maximum absolute atomic E-state index is 12.6. The molecule has 0 bridgehead atoms. The zero-order chi connectivity index (χ0) is 20.1.